The zero-order valence-electron chi connectivity index (χ0n) is 11.8. The Kier molecular flexibility index (Phi) is 3.61. The van der Waals surface area contributed by atoms with Crippen molar-refractivity contribution < 1.29 is 4.74 Å². The summed E-state index contributed by atoms with van der Waals surface area (Å²) in [7, 11) is 0. The Bertz CT molecular complexity index is 604. The molecule has 0 bridgehead atoms. The van der Waals surface area contributed by atoms with E-state index < -0.39 is 0 Å². The SMILES string of the molecule is Cc1cccc(N2CCOCC2)c1-c1ccccc1N. The van der Waals surface area contributed by atoms with Gasteiger partial charge >= 0.3 is 0 Å². The van der Waals surface area contributed by atoms with E-state index in [4.69, 9.17) is 10.5 Å². The van der Waals surface area contributed by atoms with Gasteiger partial charge in [0.1, 0.15) is 0 Å². The lowest BCUT2D eigenvalue weighted by Gasteiger charge is -2.31. The molecule has 1 heterocycles. The van der Waals surface area contributed by atoms with Gasteiger partial charge in [0.05, 0.1) is 13.2 Å². The summed E-state index contributed by atoms with van der Waals surface area (Å²) in [6.07, 6.45) is 0. The van der Waals surface area contributed by atoms with E-state index in [1.54, 1.807) is 0 Å². The molecule has 1 fully saturated rings. The third kappa shape index (κ3) is 2.37. The first-order valence-electron chi connectivity index (χ1n) is 7.04. The lowest BCUT2D eigenvalue weighted by atomic mass is 9.96. The Labute approximate surface area is 120 Å². The van der Waals surface area contributed by atoms with Gasteiger partial charge in [-0.25, -0.2) is 0 Å². The molecule has 1 saturated heterocycles. The van der Waals surface area contributed by atoms with Crippen LogP contribution in [0.4, 0.5) is 11.4 Å². The van der Waals surface area contributed by atoms with E-state index in [-0.39, 0.29) is 0 Å². The minimum Gasteiger partial charge on any atom is -0.398 e. The third-order valence-corrected chi connectivity index (χ3v) is 3.83. The molecule has 1 aliphatic heterocycles. The van der Waals surface area contributed by atoms with Gasteiger partial charge in [0.2, 0.25) is 0 Å². The summed E-state index contributed by atoms with van der Waals surface area (Å²) in [5.74, 6) is 0. The third-order valence-electron chi connectivity index (χ3n) is 3.83. The monoisotopic (exact) mass is 268 g/mol. The smallest absolute Gasteiger partial charge is 0.0642 e. The van der Waals surface area contributed by atoms with Crippen molar-refractivity contribution in [3.63, 3.8) is 0 Å². The first-order valence-corrected chi connectivity index (χ1v) is 7.04. The number of anilines is 2. The zero-order valence-corrected chi connectivity index (χ0v) is 11.8. The highest BCUT2D eigenvalue weighted by Gasteiger charge is 2.17. The molecule has 0 amide bonds. The molecular weight excluding hydrogens is 248 g/mol. The van der Waals surface area contributed by atoms with Crippen molar-refractivity contribution in [3.05, 3.63) is 48.0 Å². The molecule has 2 aromatic rings. The van der Waals surface area contributed by atoms with Crippen LogP contribution in [-0.4, -0.2) is 26.3 Å². The Balaban J connectivity index is 2.12. The zero-order chi connectivity index (χ0) is 13.9. The van der Waals surface area contributed by atoms with E-state index in [0.717, 1.165) is 37.6 Å². The van der Waals surface area contributed by atoms with E-state index in [1.165, 1.54) is 16.8 Å². The fraction of sp³-hybridized carbons (Fsp3) is 0.294. The number of aryl methyl sites for hydroxylation is 1. The van der Waals surface area contributed by atoms with E-state index >= 15 is 0 Å². The molecule has 1 aliphatic rings. The van der Waals surface area contributed by atoms with E-state index in [1.807, 2.05) is 18.2 Å². The maximum Gasteiger partial charge on any atom is 0.0642 e. The molecular formula is C17H20N2O. The molecule has 0 radical (unpaired) electrons. The Hall–Kier alpha value is -2.00. The lowest BCUT2D eigenvalue weighted by Crippen LogP contribution is -2.36. The van der Waals surface area contributed by atoms with Gasteiger partial charge in [0.15, 0.2) is 0 Å². The van der Waals surface area contributed by atoms with Crippen LogP contribution in [0.15, 0.2) is 42.5 Å². The normalized spacial score (nSPS) is 15.3. The van der Waals surface area contributed by atoms with Crippen LogP contribution in [0, 0.1) is 6.92 Å². The quantitative estimate of drug-likeness (QED) is 0.851. The predicted octanol–water partition coefficient (Wildman–Crippen LogP) is 3.08. The van der Waals surface area contributed by atoms with Crippen LogP contribution in [0.1, 0.15) is 5.56 Å². The lowest BCUT2D eigenvalue weighted by molar-refractivity contribution is 0.123. The molecule has 104 valence electrons. The van der Waals surface area contributed by atoms with Crippen molar-refractivity contribution in [2.45, 2.75) is 6.92 Å². The largest absolute Gasteiger partial charge is 0.398 e. The average molecular weight is 268 g/mol. The number of rotatable bonds is 2. The van der Waals surface area contributed by atoms with Crippen molar-refractivity contribution >= 4 is 11.4 Å². The van der Waals surface area contributed by atoms with E-state index in [9.17, 15) is 0 Å². The molecule has 2 N–H and O–H groups in total. The van der Waals surface area contributed by atoms with Gasteiger partial charge in [-0.15, -0.1) is 0 Å². The Morgan fingerprint density at radius 2 is 1.75 bits per heavy atom. The number of benzene rings is 2. The summed E-state index contributed by atoms with van der Waals surface area (Å²) < 4.78 is 5.45. The minimum absolute atomic E-state index is 0.789. The second-order valence-corrected chi connectivity index (χ2v) is 5.16. The summed E-state index contributed by atoms with van der Waals surface area (Å²) in [6.45, 7) is 5.59. The number of morpholine rings is 1. The van der Waals surface area contributed by atoms with Gasteiger partial charge < -0.3 is 15.4 Å². The van der Waals surface area contributed by atoms with E-state index in [2.05, 4.69) is 36.1 Å². The molecule has 20 heavy (non-hydrogen) atoms. The fourth-order valence-corrected chi connectivity index (χ4v) is 2.80. The Morgan fingerprint density at radius 1 is 1.00 bits per heavy atom. The molecule has 0 unspecified atom stereocenters. The molecule has 3 nitrogen and oxygen atoms in total. The molecule has 0 atom stereocenters. The number of hydrogen-bond donors (Lipinski definition) is 1. The molecule has 2 aromatic carbocycles. The number of nitrogen functional groups attached to an aromatic ring is 1. The van der Waals surface area contributed by atoms with Crippen LogP contribution < -0.4 is 10.6 Å². The average Bonchev–Trinajstić information content (AvgIpc) is 2.49. The van der Waals surface area contributed by atoms with Crippen LogP contribution >= 0.6 is 0 Å². The maximum absolute atomic E-state index is 6.18. The van der Waals surface area contributed by atoms with Gasteiger partial charge in [-0.05, 0) is 24.6 Å². The summed E-state index contributed by atoms with van der Waals surface area (Å²) in [5.41, 5.74) is 11.9. The summed E-state index contributed by atoms with van der Waals surface area (Å²) in [6, 6.07) is 14.5. The number of hydrogen-bond acceptors (Lipinski definition) is 3. The number of para-hydroxylation sites is 1. The minimum atomic E-state index is 0.789. The van der Waals surface area contributed by atoms with E-state index in [0.29, 0.717) is 0 Å². The molecule has 3 heteroatoms. The number of nitrogens with zero attached hydrogens (tertiary/aromatic N) is 1. The summed E-state index contributed by atoms with van der Waals surface area (Å²) in [4.78, 5) is 2.39. The summed E-state index contributed by atoms with van der Waals surface area (Å²) in [5, 5.41) is 0. The second-order valence-electron chi connectivity index (χ2n) is 5.16. The molecule has 0 aliphatic carbocycles. The second kappa shape index (κ2) is 5.55. The van der Waals surface area contributed by atoms with Crippen molar-refractivity contribution in [1.82, 2.24) is 0 Å². The van der Waals surface area contributed by atoms with Crippen molar-refractivity contribution in [2.75, 3.05) is 36.9 Å². The summed E-state index contributed by atoms with van der Waals surface area (Å²) >= 11 is 0. The van der Waals surface area contributed by atoms with Gasteiger partial charge in [-0.3, -0.25) is 0 Å². The maximum atomic E-state index is 6.18. The standard InChI is InChI=1S/C17H20N2O/c1-13-5-4-8-16(19-9-11-20-12-10-19)17(13)14-6-2-3-7-15(14)18/h2-8H,9-12,18H2,1H3. The molecule has 0 aromatic heterocycles. The first kappa shape index (κ1) is 13.0. The molecule has 3 rings (SSSR count). The highest BCUT2D eigenvalue weighted by atomic mass is 16.5. The van der Waals surface area contributed by atoms with Crippen molar-refractivity contribution in [1.29, 1.82) is 0 Å². The Morgan fingerprint density at radius 3 is 2.50 bits per heavy atom. The molecule has 0 saturated carbocycles. The van der Waals surface area contributed by atoms with Crippen molar-refractivity contribution in [3.8, 4) is 11.1 Å². The highest BCUT2D eigenvalue weighted by molar-refractivity contribution is 5.87. The number of nitrogens with two attached hydrogens (primary N) is 1. The van der Waals surface area contributed by atoms with Crippen LogP contribution in [-0.2, 0) is 4.74 Å². The first-order chi connectivity index (χ1) is 9.77. The molecule has 0 spiro atoms. The predicted molar refractivity (Wildman–Crippen MR) is 84.1 cm³/mol. The van der Waals surface area contributed by atoms with Crippen LogP contribution in [0.2, 0.25) is 0 Å². The topological polar surface area (TPSA) is 38.5 Å². The van der Waals surface area contributed by atoms with Gasteiger partial charge in [-0.2, -0.15) is 0 Å². The van der Waals surface area contributed by atoms with Gasteiger partial charge in [0.25, 0.3) is 0 Å². The van der Waals surface area contributed by atoms with Crippen LogP contribution in [0.25, 0.3) is 11.1 Å². The van der Waals surface area contributed by atoms with Crippen LogP contribution in [0.3, 0.4) is 0 Å². The number of ether oxygens (including phenoxy) is 1. The highest BCUT2D eigenvalue weighted by Crippen LogP contribution is 2.37. The van der Waals surface area contributed by atoms with Crippen LogP contribution in [0.5, 0.6) is 0 Å². The van der Waals surface area contributed by atoms with Gasteiger partial charge in [-0.1, -0.05) is 30.3 Å². The van der Waals surface area contributed by atoms with Crippen molar-refractivity contribution in [2.24, 2.45) is 0 Å². The van der Waals surface area contributed by atoms with Gasteiger partial charge in [0, 0.05) is 35.6 Å². The fourth-order valence-electron chi connectivity index (χ4n) is 2.80.